The predicted octanol–water partition coefficient (Wildman–Crippen LogP) is 3.55. The lowest BCUT2D eigenvalue weighted by molar-refractivity contribution is -0.147. The lowest BCUT2D eigenvalue weighted by Crippen LogP contribution is -2.39. The van der Waals surface area contributed by atoms with Crippen molar-refractivity contribution in [1.82, 2.24) is 0 Å². The molecular formula is C17H24O3. The van der Waals surface area contributed by atoms with Crippen molar-refractivity contribution in [2.24, 2.45) is 5.92 Å². The van der Waals surface area contributed by atoms with E-state index in [0.717, 1.165) is 42.4 Å². The first kappa shape index (κ1) is 15.0. The molecule has 0 amide bonds. The van der Waals surface area contributed by atoms with E-state index < -0.39 is 11.6 Å². The quantitative estimate of drug-likeness (QED) is 0.884. The van der Waals surface area contributed by atoms with Gasteiger partial charge in [0, 0.05) is 0 Å². The number of carbonyl (C=O) groups is 1. The first-order chi connectivity index (χ1) is 9.43. The van der Waals surface area contributed by atoms with Crippen LogP contribution in [0.4, 0.5) is 0 Å². The number of hydrogen-bond acceptors (Lipinski definition) is 2. The van der Waals surface area contributed by atoms with Gasteiger partial charge in [0.05, 0.1) is 6.42 Å². The maximum Gasteiger partial charge on any atom is 0.306 e. The van der Waals surface area contributed by atoms with Gasteiger partial charge in [0.1, 0.15) is 5.60 Å². The maximum absolute atomic E-state index is 11.2. The van der Waals surface area contributed by atoms with Gasteiger partial charge < -0.3 is 10.2 Å². The molecule has 1 aliphatic rings. The molecular weight excluding hydrogens is 252 g/mol. The molecule has 2 N–H and O–H groups in total. The third kappa shape index (κ3) is 3.04. The fourth-order valence-electron chi connectivity index (χ4n) is 3.57. The van der Waals surface area contributed by atoms with Crippen LogP contribution in [0.15, 0.2) is 18.2 Å². The van der Waals surface area contributed by atoms with Crippen LogP contribution in [-0.4, -0.2) is 16.2 Å². The van der Waals surface area contributed by atoms with Gasteiger partial charge in [-0.25, -0.2) is 0 Å². The van der Waals surface area contributed by atoms with Crippen molar-refractivity contribution in [2.75, 3.05) is 0 Å². The van der Waals surface area contributed by atoms with Gasteiger partial charge in [0.25, 0.3) is 0 Å². The van der Waals surface area contributed by atoms with Gasteiger partial charge in [0.15, 0.2) is 0 Å². The second-order valence-corrected chi connectivity index (χ2v) is 6.15. The van der Waals surface area contributed by atoms with E-state index in [1.54, 1.807) is 0 Å². The normalized spacial score (nSPS) is 19.6. The molecule has 1 fully saturated rings. The highest BCUT2D eigenvalue weighted by Gasteiger charge is 2.41. The van der Waals surface area contributed by atoms with Crippen LogP contribution in [0.25, 0.3) is 0 Å². The van der Waals surface area contributed by atoms with Crippen LogP contribution in [0.2, 0.25) is 0 Å². The Hall–Kier alpha value is -1.35. The highest BCUT2D eigenvalue weighted by molar-refractivity contribution is 5.69. The van der Waals surface area contributed by atoms with Crippen LogP contribution in [-0.2, 0) is 10.4 Å². The van der Waals surface area contributed by atoms with Gasteiger partial charge in [-0.05, 0) is 43.7 Å². The molecule has 0 aromatic heterocycles. The molecule has 20 heavy (non-hydrogen) atoms. The molecule has 0 radical (unpaired) electrons. The Bertz CT molecular complexity index is 489. The SMILES string of the molecule is Cc1ccc(C(O)(CC(=O)O)C2CCCCC2)c(C)c1. The third-order valence-corrected chi connectivity index (χ3v) is 4.55. The zero-order valence-electron chi connectivity index (χ0n) is 12.4. The molecule has 1 unspecified atom stereocenters. The van der Waals surface area contributed by atoms with Crippen LogP contribution in [0.5, 0.6) is 0 Å². The summed E-state index contributed by atoms with van der Waals surface area (Å²) in [6, 6.07) is 5.88. The van der Waals surface area contributed by atoms with Gasteiger partial charge >= 0.3 is 5.97 Å². The van der Waals surface area contributed by atoms with E-state index in [9.17, 15) is 15.0 Å². The van der Waals surface area contributed by atoms with Crippen molar-refractivity contribution in [2.45, 2.75) is 58.0 Å². The van der Waals surface area contributed by atoms with E-state index in [2.05, 4.69) is 0 Å². The fourth-order valence-corrected chi connectivity index (χ4v) is 3.57. The zero-order chi connectivity index (χ0) is 14.8. The highest BCUT2D eigenvalue weighted by atomic mass is 16.4. The van der Waals surface area contributed by atoms with E-state index >= 15 is 0 Å². The van der Waals surface area contributed by atoms with Crippen LogP contribution in [0.1, 0.15) is 55.2 Å². The molecule has 3 nitrogen and oxygen atoms in total. The summed E-state index contributed by atoms with van der Waals surface area (Å²) in [6.07, 6.45) is 4.97. The summed E-state index contributed by atoms with van der Waals surface area (Å²) in [6.45, 7) is 3.96. The number of hydrogen-bond donors (Lipinski definition) is 2. The lowest BCUT2D eigenvalue weighted by Gasteiger charge is -2.39. The Morgan fingerprint density at radius 2 is 1.90 bits per heavy atom. The van der Waals surface area contributed by atoms with Gasteiger partial charge in [-0.2, -0.15) is 0 Å². The van der Waals surface area contributed by atoms with Gasteiger partial charge in [-0.1, -0.05) is 43.0 Å². The Labute approximate surface area is 120 Å². The minimum Gasteiger partial charge on any atom is -0.481 e. The zero-order valence-corrected chi connectivity index (χ0v) is 12.4. The van der Waals surface area contributed by atoms with E-state index in [-0.39, 0.29) is 12.3 Å². The topological polar surface area (TPSA) is 57.5 Å². The summed E-state index contributed by atoms with van der Waals surface area (Å²) in [7, 11) is 0. The summed E-state index contributed by atoms with van der Waals surface area (Å²) in [5.41, 5.74) is 1.67. The molecule has 1 atom stereocenters. The van der Waals surface area contributed by atoms with Crippen LogP contribution in [0, 0.1) is 19.8 Å². The van der Waals surface area contributed by atoms with E-state index in [4.69, 9.17) is 0 Å². The van der Waals surface area contributed by atoms with E-state index in [0.29, 0.717) is 0 Å². The number of rotatable bonds is 4. The maximum atomic E-state index is 11.2. The molecule has 1 saturated carbocycles. The van der Waals surface area contributed by atoms with Gasteiger partial charge in [0.2, 0.25) is 0 Å². The summed E-state index contributed by atoms with van der Waals surface area (Å²) >= 11 is 0. The Morgan fingerprint density at radius 1 is 1.25 bits per heavy atom. The highest BCUT2D eigenvalue weighted by Crippen LogP contribution is 2.42. The monoisotopic (exact) mass is 276 g/mol. The average molecular weight is 276 g/mol. The second kappa shape index (κ2) is 5.96. The largest absolute Gasteiger partial charge is 0.481 e. The molecule has 1 aromatic carbocycles. The molecule has 3 heteroatoms. The molecule has 2 rings (SSSR count). The first-order valence-electron chi connectivity index (χ1n) is 7.45. The van der Waals surface area contributed by atoms with Crippen molar-refractivity contribution in [3.63, 3.8) is 0 Å². The molecule has 0 bridgehead atoms. The van der Waals surface area contributed by atoms with E-state index in [1.807, 2.05) is 32.0 Å². The fraction of sp³-hybridized carbons (Fsp3) is 0.588. The molecule has 0 saturated heterocycles. The summed E-state index contributed by atoms with van der Waals surface area (Å²) < 4.78 is 0. The number of aliphatic hydroxyl groups is 1. The van der Waals surface area contributed by atoms with Crippen LogP contribution >= 0.6 is 0 Å². The molecule has 110 valence electrons. The van der Waals surface area contributed by atoms with Crippen molar-refractivity contribution in [1.29, 1.82) is 0 Å². The minimum atomic E-state index is -1.23. The van der Waals surface area contributed by atoms with Crippen molar-refractivity contribution < 1.29 is 15.0 Å². The Balaban J connectivity index is 2.41. The number of aliphatic carboxylic acids is 1. The number of carboxylic acids is 1. The second-order valence-electron chi connectivity index (χ2n) is 6.15. The first-order valence-corrected chi connectivity index (χ1v) is 7.45. The summed E-state index contributed by atoms with van der Waals surface area (Å²) in [4.78, 5) is 11.2. The number of carboxylic acid groups (broad SMARTS) is 1. The van der Waals surface area contributed by atoms with Gasteiger partial charge in [-0.3, -0.25) is 4.79 Å². The van der Waals surface area contributed by atoms with Crippen molar-refractivity contribution >= 4 is 5.97 Å². The van der Waals surface area contributed by atoms with Crippen molar-refractivity contribution in [3.8, 4) is 0 Å². The molecule has 0 spiro atoms. The Kier molecular flexibility index (Phi) is 4.48. The lowest BCUT2D eigenvalue weighted by atomic mass is 9.70. The van der Waals surface area contributed by atoms with Gasteiger partial charge in [-0.15, -0.1) is 0 Å². The third-order valence-electron chi connectivity index (χ3n) is 4.55. The molecule has 1 aliphatic carbocycles. The molecule has 0 aliphatic heterocycles. The Morgan fingerprint density at radius 3 is 2.45 bits per heavy atom. The summed E-state index contributed by atoms with van der Waals surface area (Å²) in [5.74, 6) is -0.883. The van der Waals surface area contributed by atoms with Crippen LogP contribution in [0.3, 0.4) is 0 Å². The molecule has 1 aromatic rings. The van der Waals surface area contributed by atoms with Crippen LogP contribution < -0.4 is 0 Å². The standard InChI is InChI=1S/C17H24O3/c1-12-8-9-15(13(2)10-12)17(20,11-16(18)19)14-6-4-3-5-7-14/h8-10,14,20H,3-7,11H2,1-2H3,(H,18,19). The number of benzene rings is 1. The molecule has 0 heterocycles. The summed E-state index contributed by atoms with van der Waals surface area (Å²) in [5, 5.41) is 20.4. The van der Waals surface area contributed by atoms with Crippen molar-refractivity contribution in [3.05, 3.63) is 34.9 Å². The minimum absolute atomic E-state index is 0.0498. The number of aryl methyl sites for hydroxylation is 2. The van der Waals surface area contributed by atoms with E-state index in [1.165, 1.54) is 6.42 Å². The average Bonchev–Trinajstić information content (AvgIpc) is 2.38. The smallest absolute Gasteiger partial charge is 0.306 e. The predicted molar refractivity (Wildman–Crippen MR) is 78.6 cm³/mol.